The smallest absolute Gasteiger partial charge is 0.414 e. The van der Waals surface area contributed by atoms with Gasteiger partial charge in [0.2, 0.25) is 0 Å². The van der Waals surface area contributed by atoms with E-state index in [0.29, 0.717) is 16.9 Å². The fourth-order valence-corrected chi connectivity index (χ4v) is 1.51. The van der Waals surface area contributed by atoms with Gasteiger partial charge >= 0.3 is 6.18 Å². The molecular weight excluding hydrogens is 279 g/mol. The molecule has 19 heavy (non-hydrogen) atoms. The lowest BCUT2D eigenvalue weighted by Gasteiger charge is -2.17. The Labute approximate surface area is 114 Å². The number of rotatable bonds is 5. The summed E-state index contributed by atoms with van der Waals surface area (Å²) < 4.78 is 46.7. The van der Waals surface area contributed by atoms with Crippen molar-refractivity contribution in [1.82, 2.24) is 0 Å². The predicted octanol–water partition coefficient (Wildman–Crippen LogP) is 2.80. The van der Waals surface area contributed by atoms with Crippen LogP contribution in [-0.2, 0) is 11.3 Å². The number of methoxy groups -OCH3 is 1. The summed E-state index contributed by atoms with van der Waals surface area (Å²) in [5.41, 5.74) is 6.53. The highest BCUT2D eigenvalue weighted by atomic mass is 32.1. The van der Waals surface area contributed by atoms with Crippen LogP contribution in [0.5, 0.6) is 5.75 Å². The minimum Gasteiger partial charge on any atom is -0.496 e. The molecule has 0 amide bonds. The first-order chi connectivity index (χ1) is 8.75. The third kappa shape index (κ3) is 4.36. The molecule has 1 rings (SSSR count). The molecule has 0 heterocycles. The van der Waals surface area contributed by atoms with Crippen LogP contribution in [0, 0.1) is 0 Å². The zero-order chi connectivity index (χ0) is 14.6. The quantitative estimate of drug-likeness (QED) is 0.848. The Balaban J connectivity index is 2.81. The molecule has 3 nitrogen and oxygen atoms in total. The molecule has 0 aliphatic carbocycles. The maximum Gasteiger partial charge on any atom is 0.414 e. The van der Waals surface area contributed by atoms with Crippen LogP contribution in [0.2, 0.25) is 0 Å². The van der Waals surface area contributed by atoms with Gasteiger partial charge in [0.15, 0.2) is 6.10 Å². The molecule has 0 spiro atoms. The first kappa shape index (κ1) is 15.7. The van der Waals surface area contributed by atoms with Crippen LogP contribution < -0.4 is 10.5 Å². The number of benzene rings is 1. The van der Waals surface area contributed by atoms with Crippen molar-refractivity contribution in [1.29, 1.82) is 0 Å². The third-order valence-electron chi connectivity index (χ3n) is 2.49. The highest BCUT2D eigenvalue weighted by Gasteiger charge is 2.36. The van der Waals surface area contributed by atoms with Crippen LogP contribution in [0.3, 0.4) is 0 Å². The second-order valence-electron chi connectivity index (χ2n) is 3.89. The Hall–Kier alpha value is -1.34. The van der Waals surface area contributed by atoms with E-state index in [9.17, 15) is 13.2 Å². The zero-order valence-corrected chi connectivity index (χ0v) is 11.3. The van der Waals surface area contributed by atoms with Crippen LogP contribution >= 0.6 is 12.2 Å². The molecule has 1 unspecified atom stereocenters. The summed E-state index contributed by atoms with van der Waals surface area (Å²) in [5, 5.41) is 0. The lowest BCUT2D eigenvalue weighted by molar-refractivity contribution is -0.217. The van der Waals surface area contributed by atoms with Crippen LogP contribution in [0.4, 0.5) is 13.2 Å². The molecule has 0 fully saturated rings. The fraction of sp³-hybridized carbons (Fsp3) is 0.417. The Bertz CT molecular complexity index is 463. The van der Waals surface area contributed by atoms with Gasteiger partial charge in [0.1, 0.15) is 10.7 Å². The van der Waals surface area contributed by atoms with Gasteiger partial charge in [-0.3, -0.25) is 0 Å². The van der Waals surface area contributed by atoms with Gasteiger partial charge in [0.05, 0.1) is 19.3 Å². The van der Waals surface area contributed by atoms with E-state index in [1.165, 1.54) is 7.11 Å². The molecule has 2 N–H and O–H groups in total. The molecule has 0 aliphatic rings. The SMILES string of the molecule is COc1ccc(COC(C)C(F)(F)F)cc1C(N)=S. The highest BCUT2D eigenvalue weighted by Crippen LogP contribution is 2.24. The molecular formula is C12H14F3NO2S. The Morgan fingerprint density at radius 2 is 2.05 bits per heavy atom. The van der Waals surface area contributed by atoms with E-state index < -0.39 is 12.3 Å². The van der Waals surface area contributed by atoms with Gasteiger partial charge in [0, 0.05) is 0 Å². The van der Waals surface area contributed by atoms with E-state index in [4.69, 9.17) is 27.4 Å². The van der Waals surface area contributed by atoms with Gasteiger partial charge in [-0.1, -0.05) is 18.3 Å². The number of ether oxygens (including phenoxy) is 2. The molecule has 0 aromatic heterocycles. The number of hydrogen-bond acceptors (Lipinski definition) is 3. The van der Waals surface area contributed by atoms with Gasteiger partial charge in [0.25, 0.3) is 0 Å². The lowest BCUT2D eigenvalue weighted by Crippen LogP contribution is -2.28. The van der Waals surface area contributed by atoms with Gasteiger partial charge in [-0.25, -0.2) is 0 Å². The summed E-state index contributed by atoms with van der Waals surface area (Å²) in [7, 11) is 1.46. The summed E-state index contributed by atoms with van der Waals surface area (Å²) in [4.78, 5) is 0.113. The first-order valence-corrected chi connectivity index (χ1v) is 5.81. The summed E-state index contributed by atoms with van der Waals surface area (Å²) in [6, 6.07) is 4.75. The van der Waals surface area contributed by atoms with E-state index in [2.05, 4.69) is 0 Å². The molecule has 7 heteroatoms. The van der Waals surface area contributed by atoms with Crippen molar-refractivity contribution in [2.24, 2.45) is 5.73 Å². The summed E-state index contributed by atoms with van der Waals surface area (Å²) in [6.07, 6.45) is -6.21. The second-order valence-corrected chi connectivity index (χ2v) is 4.33. The molecule has 1 atom stereocenters. The number of alkyl halides is 3. The molecule has 106 valence electrons. The van der Waals surface area contributed by atoms with E-state index in [-0.39, 0.29) is 11.6 Å². The van der Waals surface area contributed by atoms with Gasteiger partial charge in [-0.2, -0.15) is 13.2 Å². The van der Waals surface area contributed by atoms with Crippen molar-refractivity contribution in [2.75, 3.05) is 7.11 Å². The Morgan fingerprint density at radius 1 is 1.42 bits per heavy atom. The van der Waals surface area contributed by atoms with Crippen molar-refractivity contribution in [3.05, 3.63) is 29.3 Å². The van der Waals surface area contributed by atoms with Gasteiger partial charge < -0.3 is 15.2 Å². The average Bonchev–Trinajstić information content (AvgIpc) is 2.34. The van der Waals surface area contributed by atoms with Crippen LogP contribution in [0.15, 0.2) is 18.2 Å². The van der Waals surface area contributed by atoms with E-state index in [1.807, 2.05) is 0 Å². The van der Waals surface area contributed by atoms with Crippen molar-refractivity contribution in [2.45, 2.75) is 25.8 Å². The lowest BCUT2D eigenvalue weighted by atomic mass is 10.1. The number of hydrogen-bond donors (Lipinski definition) is 1. The highest BCUT2D eigenvalue weighted by molar-refractivity contribution is 7.80. The monoisotopic (exact) mass is 293 g/mol. The summed E-state index contributed by atoms with van der Waals surface area (Å²) in [6.45, 7) is 0.776. The van der Waals surface area contributed by atoms with Crippen molar-refractivity contribution in [3.8, 4) is 5.75 Å². The van der Waals surface area contributed by atoms with Gasteiger partial charge in [-0.05, 0) is 24.6 Å². The molecule has 0 radical (unpaired) electrons. The standard InChI is InChI=1S/C12H14F3NO2S/c1-7(12(13,14)15)18-6-8-3-4-10(17-2)9(5-8)11(16)19/h3-5,7H,6H2,1-2H3,(H2,16,19). The van der Waals surface area contributed by atoms with Crippen molar-refractivity contribution >= 4 is 17.2 Å². The minimum absolute atomic E-state index is 0.113. The zero-order valence-electron chi connectivity index (χ0n) is 10.5. The first-order valence-electron chi connectivity index (χ1n) is 5.40. The number of halogens is 3. The molecule has 0 bridgehead atoms. The Kier molecular flexibility index (Phi) is 5.13. The molecule has 0 saturated carbocycles. The fourth-order valence-electron chi connectivity index (χ4n) is 1.35. The molecule has 1 aromatic rings. The van der Waals surface area contributed by atoms with Gasteiger partial charge in [-0.15, -0.1) is 0 Å². The van der Waals surface area contributed by atoms with Crippen LogP contribution in [0.25, 0.3) is 0 Å². The minimum atomic E-state index is -4.38. The summed E-state index contributed by atoms with van der Waals surface area (Å²) >= 11 is 4.85. The topological polar surface area (TPSA) is 44.5 Å². The summed E-state index contributed by atoms with van der Waals surface area (Å²) in [5.74, 6) is 0.472. The maximum absolute atomic E-state index is 12.3. The van der Waals surface area contributed by atoms with Crippen LogP contribution in [0.1, 0.15) is 18.1 Å². The van der Waals surface area contributed by atoms with Crippen LogP contribution in [-0.4, -0.2) is 24.4 Å². The molecule has 0 saturated heterocycles. The average molecular weight is 293 g/mol. The predicted molar refractivity (Wildman–Crippen MR) is 69.2 cm³/mol. The Morgan fingerprint density at radius 3 is 2.53 bits per heavy atom. The van der Waals surface area contributed by atoms with E-state index >= 15 is 0 Å². The third-order valence-corrected chi connectivity index (χ3v) is 2.71. The van der Waals surface area contributed by atoms with Crippen molar-refractivity contribution < 1.29 is 22.6 Å². The van der Waals surface area contributed by atoms with Crippen molar-refractivity contribution in [3.63, 3.8) is 0 Å². The molecule has 1 aromatic carbocycles. The number of nitrogens with two attached hydrogens (primary N) is 1. The largest absolute Gasteiger partial charge is 0.496 e. The van der Waals surface area contributed by atoms with E-state index in [1.54, 1.807) is 18.2 Å². The number of thiocarbonyl (C=S) groups is 1. The normalized spacial score (nSPS) is 13.1. The van der Waals surface area contributed by atoms with E-state index in [0.717, 1.165) is 6.92 Å². The maximum atomic E-state index is 12.3. The second kappa shape index (κ2) is 6.21. The molecule has 0 aliphatic heterocycles.